The van der Waals surface area contributed by atoms with Crippen LogP contribution >= 0.6 is 11.6 Å². The number of carbonyl (C=O) groups excluding carboxylic acids is 1. The molecule has 5 nitrogen and oxygen atoms in total. The monoisotopic (exact) mass is 373 g/mol. The highest BCUT2D eigenvalue weighted by Gasteiger charge is 2.21. The van der Waals surface area contributed by atoms with E-state index in [4.69, 9.17) is 16.3 Å². The van der Waals surface area contributed by atoms with E-state index in [1.807, 2.05) is 60.4 Å². The van der Waals surface area contributed by atoms with Crippen LogP contribution in [0.3, 0.4) is 0 Å². The number of hydrogen-bond acceptors (Lipinski definition) is 3. The quantitative estimate of drug-likeness (QED) is 0.867. The summed E-state index contributed by atoms with van der Waals surface area (Å²) >= 11 is 6.06. The van der Waals surface area contributed by atoms with Gasteiger partial charge in [-0.1, -0.05) is 29.8 Å². The maximum Gasteiger partial charge on any atom is 0.317 e. The molecule has 0 aliphatic carbocycles. The summed E-state index contributed by atoms with van der Waals surface area (Å²) in [6.07, 6.45) is 0. The van der Waals surface area contributed by atoms with Gasteiger partial charge in [0.25, 0.3) is 0 Å². The van der Waals surface area contributed by atoms with Crippen molar-refractivity contribution in [3.63, 3.8) is 0 Å². The summed E-state index contributed by atoms with van der Waals surface area (Å²) in [5, 5.41) is 3.73. The molecule has 0 radical (unpaired) electrons. The molecule has 3 rings (SSSR count). The topological polar surface area (TPSA) is 44.8 Å². The van der Waals surface area contributed by atoms with Crippen molar-refractivity contribution in [2.45, 2.75) is 13.5 Å². The van der Waals surface area contributed by atoms with Crippen LogP contribution in [0.1, 0.15) is 12.5 Å². The molecule has 138 valence electrons. The van der Waals surface area contributed by atoms with Crippen LogP contribution in [-0.4, -0.2) is 43.7 Å². The first-order chi connectivity index (χ1) is 12.7. The van der Waals surface area contributed by atoms with Gasteiger partial charge in [-0.3, -0.25) is 0 Å². The van der Waals surface area contributed by atoms with Crippen molar-refractivity contribution in [2.24, 2.45) is 0 Å². The Bertz CT molecular complexity index is 745. The smallest absolute Gasteiger partial charge is 0.317 e. The van der Waals surface area contributed by atoms with Crippen LogP contribution in [0.25, 0.3) is 0 Å². The van der Waals surface area contributed by atoms with Gasteiger partial charge in [0.15, 0.2) is 0 Å². The summed E-state index contributed by atoms with van der Waals surface area (Å²) in [6.45, 7) is 6.06. The van der Waals surface area contributed by atoms with Crippen LogP contribution in [0.15, 0.2) is 48.5 Å². The maximum atomic E-state index is 12.4. The van der Waals surface area contributed by atoms with E-state index in [2.05, 4.69) is 10.2 Å². The molecule has 1 fully saturated rings. The first kappa shape index (κ1) is 18.4. The number of nitrogens with one attached hydrogen (secondary N) is 1. The highest BCUT2D eigenvalue weighted by molar-refractivity contribution is 6.30. The predicted molar refractivity (Wildman–Crippen MR) is 105 cm³/mol. The van der Waals surface area contributed by atoms with E-state index >= 15 is 0 Å². The van der Waals surface area contributed by atoms with Gasteiger partial charge < -0.3 is 19.9 Å². The molecule has 6 heteroatoms. The van der Waals surface area contributed by atoms with E-state index < -0.39 is 0 Å². The Labute approximate surface area is 159 Å². The second kappa shape index (κ2) is 8.81. The summed E-state index contributed by atoms with van der Waals surface area (Å²) < 4.78 is 5.49. The highest BCUT2D eigenvalue weighted by atomic mass is 35.5. The minimum absolute atomic E-state index is 0.0300. The fourth-order valence-electron chi connectivity index (χ4n) is 3.04. The number of hydrogen-bond donors (Lipinski definition) is 1. The molecule has 0 saturated carbocycles. The number of nitrogens with zero attached hydrogens (tertiary/aromatic N) is 2. The van der Waals surface area contributed by atoms with Crippen LogP contribution in [0.5, 0.6) is 5.75 Å². The predicted octanol–water partition coefficient (Wildman–Crippen LogP) is 3.77. The zero-order valence-electron chi connectivity index (χ0n) is 15.0. The molecule has 0 spiro atoms. The Hall–Kier alpha value is -2.40. The molecule has 1 heterocycles. The van der Waals surface area contributed by atoms with Gasteiger partial charge >= 0.3 is 6.03 Å². The molecule has 0 bridgehead atoms. The zero-order valence-corrected chi connectivity index (χ0v) is 15.7. The lowest BCUT2D eigenvalue weighted by Crippen LogP contribution is -2.51. The number of ether oxygens (including phenoxy) is 1. The minimum atomic E-state index is -0.0300. The fourth-order valence-corrected chi connectivity index (χ4v) is 3.23. The van der Waals surface area contributed by atoms with Crippen LogP contribution < -0.4 is 15.0 Å². The first-order valence-electron chi connectivity index (χ1n) is 8.90. The number of benzene rings is 2. The van der Waals surface area contributed by atoms with Crippen molar-refractivity contribution in [1.29, 1.82) is 0 Å². The number of amides is 2. The van der Waals surface area contributed by atoms with E-state index in [1.54, 1.807) is 0 Å². The molecule has 26 heavy (non-hydrogen) atoms. The zero-order chi connectivity index (χ0) is 18.4. The van der Waals surface area contributed by atoms with E-state index in [9.17, 15) is 4.79 Å². The second-order valence-corrected chi connectivity index (χ2v) is 6.63. The number of carbonyl (C=O) groups is 1. The van der Waals surface area contributed by atoms with Crippen molar-refractivity contribution < 1.29 is 9.53 Å². The van der Waals surface area contributed by atoms with Gasteiger partial charge in [0.2, 0.25) is 0 Å². The van der Waals surface area contributed by atoms with E-state index in [0.29, 0.717) is 26.2 Å². The Morgan fingerprint density at radius 3 is 2.62 bits per heavy atom. The lowest BCUT2D eigenvalue weighted by molar-refractivity contribution is 0.194. The van der Waals surface area contributed by atoms with Crippen molar-refractivity contribution in [3.05, 3.63) is 59.1 Å². The molecule has 2 amide bonds. The summed E-state index contributed by atoms with van der Waals surface area (Å²) in [4.78, 5) is 16.5. The van der Waals surface area contributed by atoms with Crippen LogP contribution in [0.4, 0.5) is 10.5 Å². The number of anilines is 1. The molecule has 1 aliphatic rings. The molecule has 1 aliphatic heterocycles. The normalized spacial score (nSPS) is 14.2. The Kier molecular flexibility index (Phi) is 6.23. The standard InChI is InChI=1S/C20H24ClN3O2/c1-2-26-19-8-3-5-16(13-19)15-22-20(25)24-11-9-23(10-12-24)18-7-4-6-17(21)14-18/h3-8,13-14H,2,9-12,15H2,1H3,(H,22,25). The van der Waals surface area contributed by atoms with E-state index in [0.717, 1.165) is 35.1 Å². The first-order valence-corrected chi connectivity index (χ1v) is 9.28. The summed E-state index contributed by atoms with van der Waals surface area (Å²) in [5.74, 6) is 0.828. The van der Waals surface area contributed by atoms with Gasteiger partial charge in [0.05, 0.1) is 6.61 Å². The van der Waals surface area contributed by atoms with E-state index in [-0.39, 0.29) is 6.03 Å². The largest absolute Gasteiger partial charge is 0.494 e. The number of halogens is 1. The second-order valence-electron chi connectivity index (χ2n) is 6.19. The lowest BCUT2D eigenvalue weighted by Gasteiger charge is -2.36. The maximum absolute atomic E-state index is 12.4. The number of piperazine rings is 1. The van der Waals surface area contributed by atoms with Gasteiger partial charge in [-0.15, -0.1) is 0 Å². The van der Waals surface area contributed by atoms with Crippen molar-refractivity contribution in [2.75, 3.05) is 37.7 Å². The Morgan fingerprint density at radius 2 is 1.88 bits per heavy atom. The summed E-state index contributed by atoms with van der Waals surface area (Å²) in [6, 6.07) is 15.6. The van der Waals surface area contributed by atoms with Crippen LogP contribution in [0, 0.1) is 0 Å². The van der Waals surface area contributed by atoms with E-state index in [1.165, 1.54) is 0 Å². The van der Waals surface area contributed by atoms with Crippen molar-refractivity contribution in [1.82, 2.24) is 10.2 Å². The van der Waals surface area contributed by atoms with Gasteiger partial charge in [0.1, 0.15) is 5.75 Å². The average Bonchev–Trinajstić information content (AvgIpc) is 2.67. The molecule has 0 atom stereocenters. The van der Waals surface area contributed by atoms with Crippen LogP contribution in [-0.2, 0) is 6.54 Å². The average molecular weight is 374 g/mol. The molecular weight excluding hydrogens is 350 g/mol. The molecule has 1 saturated heterocycles. The Balaban J connectivity index is 1.48. The summed E-state index contributed by atoms with van der Waals surface area (Å²) in [5.41, 5.74) is 2.13. The third-order valence-electron chi connectivity index (χ3n) is 4.39. The molecular formula is C20H24ClN3O2. The summed E-state index contributed by atoms with van der Waals surface area (Å²) in [7, 11) is 0. The molecule has 0 aromatic heterocycles. The minimum Gasteiger partial charge on any atom is -0.494 e. The van der Waals surface area contributed by atoms with Gasteiger partial charge in [-0.05, 0) is 42.8 Å². The molecule has 1 N–H and O–H groups in total. The van der Waals surface area contributed by atoms with Gasteiger partial charge in [-0.2, -0.15) is 0 Å². The Morgan fingerprint density at radius 1 is 1.12 bits per heavy atom. The lowest BCUT2D eigenvalue weighted by atomic mass is 10.2. The highest BCUT2D eigenvalue weighted by Crippen LogP contribution is 2.20. The van der Waals surface area contributed by atoms with Crippen LogP contribution in [0.2, 0.25) is 5.02 Å². The molecule has 2 aromatic carbocycles. The fraction of sp³-hybridized carbons (Fsp3) is 0.350. The SMILES string of the molecule is CCOc1cccc(CNC(=O)N2CCN(c3cccc(Cl)c3)CC2)c1. The van der Waals surface area contributed by atoms with Crippen molar-refractivity contribution in [3.8, 4) is 5.75 Å². The molecule has 2 aromatic rings. The molecule has 0 unspecified atom stereocenters. The van der Waals surface area contributed by atoms with Crippen molar-refractivity contribution >= 4 is 23.3 Å². The van der Waals surface area contributed by atoms with Gasteiger partial charge in [0, 0.05) is 43.4 Å². The third kappa shape index (κ3) is 4.82. The number of urea groups is 1. The third-order valence-corrected chi connectivity index (χ3v) is 4.63. The number of rotatable bonds is 5. The van der Waals surface area contributed by atoms with Gasteiger partial charge in [-0.25, -0.2) is 4.79 Å².